The van der Waals surface area contributed by atoms with Gasteiger partial charge in [-0.1, -0.05) is 200 Å². The van der Waals surface area contributed by atoms with E-state index in [2.05, 4.69) is 13.8 Å². The third-order valence-corrected chi connectivity index (χ3v) is 10.8. The van der Waals surface area contributed by atoms with Gasteiger partial charge in [0.25, 0.3) is 0 Å². The summed E-state index contributed by atoms with van der Waals surface area (Å²) in [6.45, 7) is 3.90. The number of nitrogens with two attached hydrogens (primary N) is 1. The van der Waals surface area contributed by atoms with Gasteiger partial charge in [-0.3, -0.25) is 18.6 Å². The van der Waals surface area contributed by atoms with Crippen molar-refractivity contribution in [3.8, 4) is 0 Å². The molecular formula is C42H84NO9P. The number of aliphatic carboxylic acids is 1. The molecule has 0 radical (unpaired) electrons. The molecule has 0 spiro atoms. The van der Waals surface area contributed by atoms with Crippen molar-refractivity contribution in [2.24, 2.45) is 5.73 Å². The molecule has 0 aromatic carbocycles. The molecule has 0 rings (SSSR count). The number of ether oxygens (including phenoxy) is 2. The summed E-state index contributed by atoms with van der Waals surface area (Å²) in [5.41, 5.74) is 5.34. The Morgan fingerprint density at radius 2 is 0.868 bits per heavy atom. The van der Waals surface area contributed by atoms with Crippen molar-refractivity contribution in [1.29, 1.82) is 0 Å². The Labute approximate surface area is 325 Å². The fraction of sp³-hybridized carbons (Fsp3) is 0.952. The lowest BCUT2D eigenvalue weighted by Crippen LogP contribution is -2.34. The van der Waals surface area contributed by atoms with E-state index >= 15 is 0 Å². The van der Waals surface area contributed by atoms with Crippen LogP contribution >= 0.6 is 7.82 Å². The number of hydrogen-bond donors (Lipinski definition) is 3. The normalized spacial score (nSPS) is 13.9. The molecule has 0 fully saturated rings. The molecule has 3 atom stereocenters. The highest BCUT2D eigenvalue weighted by atomic mass is 31.2. The smallest absolute Gasteiger partial charge is 0.472 e. The van der Waals surface area contributed by atoms with Crippen LogP contribution in [-0.4, -0.2) is 60.5 Å². The minimum atomic E-state index is -4.60. The molecule has 0 aliphatic carbocycles. The van der Waals surface area contributed by atoms with Crippen molar-refractivity contribution in [3.63, 3.8) is 0 Å². The number of carbonyl (C=O) groups is 2. The van der Waals surface area contributed by atoms with Crippen molar-refractivity contribution in [2.75, 3.05) is 26.4 Å². The third kappa shape index (κ3) is 39.0. The molecular weight excluding hydrogens is 693 g/mol. The van der Waals surface area contributed by atoms with E-state index in [-0.39, 0.29) is 13.0 Å². The molecule has 0 aromatic rings. The first-order valence-corrected chi connectivity index (χ1v) is 23.6. The second-order valence-corrected chi connectivity index (χ2v) is 16.6. The molecule has 0 aliphatic heterocycles. The second kappa shape index (κ2) is 39.2. The minimum Gasteiger partial charge on any atom is -0.480 e. The standard InChI is InChI=1S/C42H84NO9P/c1-3-5-7-9-11-13-14-15-16-17-18-19-20-21-22-23-24-25-26-28-30-32-34-41(44)52-39(37-50-53(47,48)51-38-40(43)42(45)46)36-49-35-33-31-29-27-12-10-8-6-4-2/h39-40H,3-38,43H2,1-2H3,(H,45,46)(H,47,48). The van der Waals surface area contributed by atoms with Crippen LogP contribution in [0.15, 0.2) is 0 Å². The predicted octanol–water partition coefficient (Wildman–Crippen LogP) is 12.0. The average molecular weight is 778 g/mol. The molecule has 0 heterocycles. The van der Waals surface area contributed by atoms with Crippen LogP contribution in [0.25, 0.3) is 0 Å². The molecule has 4 N–H and O–H groups in total. The maximum absolute atomic E-state index is 12.6. The van der Waals surface area contributed by atoms with Gasteiger partial charge in [-0.2, -0.15) is 0 Å². The number of carbonyl (C=O) groups excluding carboxylic acids is 1. The molecule has 0 amide bonds. The summed E-state index contributed by atoms with van der Waals surface area (Å²) in [6, 6.07) is -1.47. The molecule has 0 bridgehead atoms. The summed E-state index contributed by atoms with van der Waals surface area (Å²) in [4.78, 5) is 33.4. The topological polar surface area (TPSA) is 155 Å². The fourth-order valence-electron chi connectivity index (χ4n) is 6.43. The highest BCUT2D eigenvalue weighted by molar-refractivity contribution is 7.47. The number of esters is 1. The Balaban J connectivity index is 4.04. The Hall–Kier alpha value is -1.03. The summed E-state index contributed by atoms with van der Waals surface area (Å²) in [7, 11) is -4.60. The first kappa shape index (κ1) is 52.0. The lowest BCUT2D eigenvalue weighted by Gasteiger charge is -2.20. The molecule has 0 aliphatic rings. The third-order valence-electron chi connectivity index (χ3n) is 9.89. The molecule has 3 unspecified atom stereocenters. The van der Waals surface area contributed by atoms with Gasteiger partial charge >= 0.3 is 19.8 Å². The number of unbranched alkanes of at least 4 members (excludes halogenated alkanes) is 29. The lowest BCUT2D eigenvalue weighted by atomic mass is 10.0. The number of rotatable bonds is 43. The van der Waals surface area contributed by atoms with E-state index in [9.17, 15) is 19.0 Å². The summed E-state index contributed by atoms with van der Waals surface area (Å²) in [5.74, 6) is -1.77. The molecule has 316 valence electrons. The lowest BCUT2D eigenvalue weighted by molar-refractivity contribution is -0.154. The monoisotopic (exact) mass is 778 g/mol. The van der Waals surface area contributed by atoms with Crippen molar-refractivity contribution < 1.29 is 42.7 Å². The summed E-state index contributed by atoms with van der Waals surface area (Å²) in [6.07, 6.45) is 38.8. The second-order valence-electron chi connectivity index (χ2n) is 15.2. The number of carboxylic acid groups (broad SMARTS) is 1. The van der Waals surface area contributed by atoms with E-state index in [0.29, 0.717) is 6.61 Å². The van der Waals surface area contributed by atoms with E-state index in [0.717, 1.165) is 38.5 Å². The SMILES string of the molecule is CCCCCCCCCCCCCCCCCCCCCCCCC(=O)OC(COCCCCCCCCCCC)COP(=O)(O)OCC(N)C(=O)O. The Morgan fingerprint density at radius 1 is 0.528 bits per heavy atom. The van der Waals surface area contributed by atoms with E-state index in [1.54, 1.807) is 0 Å². The molecule has 0 saturated carbocycles. The summed E-state index contributed by atoms with van der Waals surface area (Å²) >= 11 is 0. The molecule has 0 saturated heterocycles. The van der Waals surface area contributed by atoms with Gasteiger partial charge in [-0.25, -0.2) is 4.57 Å². The number of hydrogen-bond acceptors (Lipinski definition) is 8. The Kier molecular flexibility index (Phi) is 38.5. The van der Waals surface area contributed by atoms with Gasteiger partial charge < -0.3 is 25.2 Å². The maximum Gasteiger partial charge on any atom is 0.472 e. The van der Waals surface area contributed by atoms with E-state index in [1.807, 2.05) is 0 Å². The van der Waals surface area contributed by atoms with Crippen LogP contribution in [0.3, 0.4) is 0 Å². The number of phosphoric acid groups is 1. The van der Waals surface area contributed by atoms with Crippen LogP contribution in [0.1, 0.15) is 219 Å². The highest BCUT2D eigenvalue weighted by Gasteiger charge is 2.27. The van der Waals surface area contributed by atoms with Gasteiger partial charge in [0.05, 0.1) is 19.8 Å². The predicted molar refractivity (Wildman–Crippen MR) is 217 cm³/mol. The molecule has 10 nitrogen and oxygen atoms in total. The summed E-state index contributed by atoms with van der Waals surface area (Å²) < 4.78 is 33.2. The van der Waals surface area contributed by atoms with Gasteiger partial charge in [-0.05, 0) is 12.8 Å². The van der Waals surface area contributed by atoms with E-state index in [1.165, 1.54) is 161 Å². The van der Waals surface area contributed by atoms with Gasteiger partial charge in [0.1, 0.15) is 12.1 Å². The molecule has 53 heavy (non-hydrogen) atoms. The van der Waals surface area contributed by atoms with Crippen LogP contribution in [0.4, 0.5) is 0 Å². The molecule has 11 heteroatoms. The summed E-state index contributed by atoms with van der Waals surface area (Å²) in [5, 5.41) is 8.87. The van der Waals surface area contributed by atoms with E-state index in [4.69, 9.17) is 29.4 Å². The van der Waals surface area contributed by atoms with Gasteiger partial charge in [0.2, 0.25) is 0 Å². The van der Waals surface area contributed by atoms with Gasteiger partial charge in [-0.15, -0.1) is 0 Å². The maximum atomic E-state index is 12.6. The minimum absolute atomic E-state index is 0.0246. The zero-order chi connectivity index (χ0) is 39.1. The zero-order valence-corrected chi connectivity index (χ0v) is 35.3. The largest absolute Gasteiger partial charge is 0.480 e. The number of carboxylic acids is 1. The van der Waals surface area contributed by atoms with Crippen molar-refractivity contribution in [2.45, 2.75) is 231 Å². The Morgan fingerprint density at radius 3 is 1.25 bits per heavy atom. The quantitative estimate of drug-likeness (QED) is 0.0309. The average Bonchev–Trinajstić information content (AvgIpc) is 3.13. The first-order chi connectivity index (χ1) is 25.7. The van der Waals surface area contributed by atoms with Crippen LogP contribution < -0.4 is 5.73 Å². The Bertz CT molecular complexity index is 862. The first-order valence-electron chi connectivity index (χ1n) is 22.1. The molecule has 0 aromatic heterocycles. The van der Waals surface area contributed by atoms with Gasteiger partial charge in [0, 0.05) is 13.0 Å². The number of phosphoric ester groups is 1. The van der Waals surface area contributed by atoms with Crippen molar-refractivity contribution in [1.82, 2.24) is 0 Å². The van der Waals surface area contributed by atoms with Gasteiger partial charge in [0.15, 0.2) is 0 Å². The van der Waals surface area contributed by atoms with Crippen molar-refractivity contribution >= 4 is 19.8 Å². The fourth-order valence-corrected chi connectivity index (χ4v) is 7.21. The van der Waals surface area contributed by atoms with Crippen molar-refractivity contribution in [3.05, 3.63) is 0 Å². The van der Waals surface area contributed by atoms with Crippen LogP contribution in [0.2, 0.25) is 0 Å². The van der Waals surface area contributed by atoms with Crippen LogP contribution in [-0.2, 0) is 32.7 Å². The van der Waals surface area contributed by atoms with Crippen LogP contribution in [0, 0.1) is 0 Å². The van der Waals surface area contributed by atoms with E-state index < -0.39 is 45.1 Å². The highest BCUT2D eigenvalue weighted by Crippen LogP contribution is 2.43. The van der Waals surface area contributed by atoms with Crippen LogP contribution in [0.5, 0.6) is 0 Å². The zero-order valence-electron chi connectivity index (χ0n) is 34.4.